The molecule has 0 atom stereocenters. The molecule has 1 aromatic heterocycles. The zero-order valence-electron chi connectivity index (χ0n) is 21.6. The molecule has 0 unspecified atom stereocenters. The fourth-order valence-electron chi connectivity index (χ4n) is 5.36. The summed E-state index contributed by atoms with van der Waals surface area (Å²) in [5, 5.41) is 13.3. The second-order valence-electron chi connectivity index (χ2n) is 9.81. The number of furan rings is 1. The van der Waals surface area contributed by atoms with Gasteiger partial charge in [-0.2, -0.15) is 0 Å². The molecule has 0 fully saturated rings. The van der Waals surface area contributed by atoms with Gasteiger partial charge < -0.3 is 10.2 Å². The smallest absolute Gasteiger partial charge is 0.154 e. The van der Waals surface area contributed by atoms with E-state index in [0.717, 1.165) is 55.3 Å². The van der Waals surface area contributed by atoms with E-state index in [9.17, 15) is 0 Å². The van der Waals surface area contributed by atoms with Gasteiger partial charge in [0.25, 0.3) is 0 Å². The van der Waals surface area contributed by atoms with Crippen LogP contribution in [0.5, 0.6) is 0 Å². The van der Waals surface area contributed by atoms with Gasteiger partial charge in [0, 0.05) is 21.9 Å². The largest absolute Gasteiger partial charge is 0.456 e. The Morgan fingerprint density at radius 3 is 2.12 bits per heavy atom. The molecule has 1 heterocycles. The predicted molar refractivity (Wildman–Crippen MR) is 166 cm³/mol. The molecule has 0 saturated heterocycles. The maximum Gasteiger partial charge on any atom is 0.154 e. The minimum absolute atomic E-state index is 0.130. The summed E-state index contributed by atoms with van der Waals surface area (Å²) >= 11 is 0. The Balaban J connectivity index is 1.25. The number of aliphatic imine (C=N–C) groups is 1. The molecule has 190 valence electrons. The molecule has 40 heavy (non-hydrogen) atoms. The van der Waals surface area contributed by atoms with Crippen molar-refractivity contribution in [1.82, 2.24) is 0 Å². The van der Waals surface area contributed by atoms with Gasteiger partial charge in [0.2, 0.25) is 0 Å². The van der Waals surface area contributed by atoms with Gasteiger partial charge in [-0.1, -0.05) is 115 Å². The second kappa shape index (κ2) is 9.68. The quantitative estimate of drug-likeness (QED) is 0.181. The lowest BCUT2D eigenvalue weighted by atomic mass is 9.95. The summed E-state index contributed by atoms with van der Waals surface area (Å²) in [6, 6.07) is 44.8. The van der Waals surface area contributed by atoms with Crippen molar-refractivity contribution >= 4 is 44.4 Å². The van der Waals surface area contributed by atoms with Gasteiger partial charge in [-0.3, -0.25) is 5.41 Å². The lowest BCUT2D eigenvalue weighted by molar-refractivity contribution is 0.669. The molecule has 0 bridgehead atoms. The molecule has 4 heteroatoms. The number of hydrogen-bond acceptors (Lipinski definition) is 2. The Hall–Kier alpha value is -5.48. The third-order valence-corrected chi connectivity index (χ3v) is 7.37. The van der Waals surface area contributed by atoms with Crippen molar-refractivity contribution in [2.24, 2.45) is 10.7 Å². The highest BCUT2D eigenvalue weighted by Gasteiger charge is 2.13. The number of fused-ring (bicyclic) bond motifs is 5. The minimum atomic E-state index is 0.130. The Labute approximate surface area is 231 Å². The second-order valence-corrected chi connectivity index (χ2v) is 9.81. The Bertz CT molecular complexity index is 2070. The first-order valence-corrected chi connectivity index (χ1v) is 13.2. The number of amidine groups is 2. The number of benzene rings is 6. The van der Waals surface area contributed by atoms with Crippen LogP contribution in [0.2, 0.25) is 0 Å². The zero-order chi connectivity index (χ0) is 27.1. The molecule has 4 nitrogen and oxygen atoms in total. The normalized spacial score (nSPS) is 11.8. The van der Waals surface area contributed by atoms with Gasteiger partial charge in [0.15, 0.2) is 5.84 Å². The summed E-state index contributed by atoms with van der Waals surface area (Å²) in [5.74, 6) is 0.455. The topological polar surface area (TPSA) is 75.4 Å². The van der Waals surface area contributed by atoms with E-state index in [-0.39, 0.29) is 5.84 Å². The number of nitrogens with two attached hydrogens (primary N) is 1. The lowest BCUT2D eigenvalue weighted by Gasteiger charge is -2.10. The number of nitrogens with one attached hydrogen (secondary N) is 1. The molecular formula is C36H25N3O. The van der Waals surface area contributed by atoms with E-state index in [0.29, 0.717) is 5.84 Å². The van der Waals surface area contributed by atoms with E-state index >= 15 is 0 Å². The number of rotatable bonds is 4. The maximum absolute atomic E-state index is 8.68. The van der Waals surface area contributed by atoms with Gasteiger partial charge in [0.05, 0.1) is 0 Å². The summed E-state index contributed by atoms with van der Waals surface area (Å²) in [6.07, 6.45) is 0. The van der Waals surface area contributed by atoms with Crippen LogP contribution in [0.15, 0.2) is 143 Å². The third-order valence-electron chi connectivity index (χ3n) is 7.37. The van der Waals surface area contributed by atoms with E-state index in [4.69, 9.17) is 15.6 Å². The summed E-state index contributed by atoms with van der Waals surface area (Å²) in [6.45, 7) is 0. The molecule has 3 N–H and O–H groups in total. The Morgan fingerprint density at radius 2 is 1.27 bits per heavy atom. The molecule has 0 aliphatic carbocycles. The molecule has 7 rings (SSSR count). The van der Waals surface area contributed by atoms with Gasteiger partial charge in [0.1, 0.15) is 17.0 Å². The highest BCUT2D eigenvalue weighted by atomic mass is 16.3. The van der Waals surface area contributed by atoms with Crippen molar-refractivity contribution in [2.75, 3.05) is 0 Å². The maximum atomic E-state index is 8.68. The molecule has 0 aliphatic heterocycles. The monoisotopic (exact) mass is 515 g/mol. The zero-order valence-corrected chi connectivity index (χ0v) is 21.6. The van der Waals surface area contributed by atoms with E-state index < -0.39 is 0 Å². The van der Waals surface area contributed by atoms with E-state index in [2.05, 4.69) is 83.9 Å². The Kier molecular flexibility index (Phi) is 5.72. The van der Waals surface area contributed by atoms with Crippen molar-refractivity contribution in [3.8, 4) is 22.3 Å². The fraction of sp³-hybridized carbons (Fsp3) is 0. The molecule has 0 saturated carbocycles. The van der Waals surface area contributed by atoms with E-state index in [1.54, 1.807) is 0 Å². The minimum Gasteiger partial charge on any atom is -0.456 e. The number of hydrogen-bond donors (Lipinski definition) is 2. The van der Waals surface area contributed by atoms with Gasteiger partial charge >= 0.3 is 0 Å². The molecule has 7 aromatic rings. The Morgan fingerprint density at radius 1 is 0.600 bits per heavy atom. The van der Waals surface area contributed by atoms with Gasteiger partial charge in [-0.25, -0.2) is 4.99 Å². The van der Waals surface area contributed by atoms with E-state index in [1.807, 2.05) is 54.6 Å². The highest BCUT2D eigenvalue weighted by molar-refractivity contribution is 6.19. The molecule has 0 radical (unpaired) electrons. The first-order chi connectivity index (χ1) is 19.7. The molecule has 6 aromatic carbocycles. The summed E-state index contributed by atoms with van der Waals surface area (Å²) in [5.41, 5.74) is 13.7. The molecular weight excluding hydrogens is 490 g/mol. The van der Waals surface area contributed by atoms with Crippen LogP contribution in [-0.4, -0.2) is 11.7 Å². The SMILES string of the molecule is N=C(/N=C(\N)c1ccccc1)c1ccccc1-c1ccc(-c2ccc3oc4ccc5ccccc5c4c3c2)cc1. The first kappa shape index (κ1) is 23.6. The first-order valence-electron chi connectivity index (χ1n) is 13.2. The van der Waals surface area contributed by atoms with Crippen LogP contribution < -0.4 is 5.73 Å². The van der Waals surface area contributed by atoms with Crippen LogP contribution in [0.3, 0.4) is 0 Å². The average Bonchev–Trinajstić information content (AvgIpc) is 3.40. The van der Waals surface area contributed by atoms with Crippen LogP contribution >= 0.6 is 0 Å². The van der Waals surface area contributed by atoms with Crippen LogP contribution in [0, 0.1) is 5.41 Å². The van der Waals surface area contributed by atoms with Crippen molar-refractivity contribution in [3.05, 3.63) is 145 Å². The molecule has 0 aliphatic rings. The van der Waals surface area contributed by atoms with Crippen molar-refractivity contribution in [2.45, 2.75) is 0 Å². The van der Waals surface area contributed by atoms with Crippen LogP contribution in [-0.2, 0) is 0 Å². The molecule has 0 amide bonds. The predicted octanol–water partition coefficient (Wildman–Crippen LogP) is 8.80. The van der Waals surface area contributed by atoms with Gasteiger partial charge in [-0.05, 0) is 51.2 Å². The van der Waals surface area contributed by atoms with Crippen molar-refractivity contribution < 1.29 is 4.42 Å². The average molecular weight is 516 g/mol. The molecule has 0 spiro atoms. The summed E-state index contributed by atoms with van der Waals surface area (Å²) in [4.78, 5) is 4.41. The van der Waals surface area contributed by atoms with Crippen LogP contribution in [0.4, 0.5) is 0 Å². The lowest BCUT2D eigenvalue weighted by Crippen LogP contribution is -2.16. The summed E-state index contributed by atoms with van der Waals surface area (Å²) in [7, 11) is 0. The third kappa shape index (κ3) is 4.12. The van der Waals surface area contributed by atoms with E-state index in [1.165, 1.54) is 10.8 Å². The standard InChI is InChI=1S/C36H25N3O/c37-35(26-9-2-1-3-10-26)39-36(38)30-13-7-6-11-28(30)25-16-14-23(15-17-25)27-19-20-32-31(22-27)34-29-12-5-4-8-24(29)18-21-33(34)40-32/h1-22H,(H3,37,38,39). The van der Waals surface area contributed by atoms with Crippen LogP contribution in [0.25, 0.3) is 55.0 Å². The van der Waals surface area contributed by atoms with Crippen LogP contribution in [0.1, 0.15) is 11.1 Å². The number of nitrogens with zero attached hydrogens (tertiary/aromatic N) is 1. The van der Waals surface area contributed by atoms with Crippen molar-refractivity contribution in [3.63, 3.8) is 0 Å². The fourth-order valence-corrected chi connectivity index (χ4v) is 5.36. The van der Waals surface area contributed by atoms with Gasteiger partial charge in [-0.15, -0.1) is 0 Å². The summed E-state index contributed by atoms with van der Waals surface area (Å²) < 4.78 is 6.18. The van der Waals surface area contributed by atoms with Crippen molar-refractivity contribution in [1.29, 1.82) is 5.41 Å². The highest BCUT2D eigenvalue weighted by Crippen LogP contribution is 2.37.